The van der Waals surface area contributed by atoms with E-state index in [2.05, 4.69) is 86.6 Å². The lowest BCUT2D eigenvalue weighted by Gasteiger charge is -2.44. The summed E-state index contributed by atoms with van der Waals surface area (Å²) in [5, 5.41) is 17.1. The number of tetrazole rings is 1. The number of aromatic nitrogens is 4. The number of allylic oxidation sites excluding steroid dienone is 1. The van der Waals surface area contributed by atoms with Gasteiger partial charge in [-0.3, -0.25) is 14.6 Å². The molecular formula is C37H46Cl3N7O3. The Labute approximate surface area is 309 Å². The van der Waals surface area contributed by atoms with Crippen LogP contribution in [0.4, 0.5) is 0 Å². The molecule has 0 radical (unpaired) electrons. The summed E-state index contributed by atoms with van der Waals surface area (Å²) in [4.78, 5) is 35.1. The second-order valence-electron chi connectivity index (χ2n) is 15.7. The molecule has 10 nitrogen and oxygen atoms in total. The minimum atomic E-state index is -0.872. The van der Waals surface area contributed by atoms with Gasteiger partial charge in [-0.15, -0.1) is 10.2 Å². The first-order chi connectivity index (χ1) is 23.5. The highest BCUT2D eigenvalue weighted by atomic mass is 35.5. The van der Waals surface area contributed by atoms with Gasteiger partial charge in [0.1, 0.15) is 11.4 Å². The maximum atomic E-state index is 14.9. The summed E-state index contributed by atoms with van der Waals surface area (Å²) >= 11 is 20.5. The van der Waals surface area contributed by atoms with Gasteiger partial charge in [0, 0.05) is 17.5 Å². The van der Waals surface area contributed by atoms with Crippen molar-refractivity contribution in [2.45, 2.75) is 98.8 Å². The molecule has 1 aliphatic carbocycles. The standard InChI is InChI=1S/C37H46Cl3N7O3/c1-22-9-8-15-37(20-22)42-31(29-25(38)19-26(39)32(30(29)40)50-18-17-36(5,6)7)34(49)47(37)27(14-16-35(2,3)4)23-10-12-24(13-11-23)33(48)41-21-28-43-45-46-44-28/h8-13,19,22,27H,14-18,20-21H2,1-7H3,(H,41,48)(H,43,44,45,46)/t22?,27-,37?/m1/s1. The van der Waals surface area contributed by atoms with Gasteiger partial charge in [-0.1, -0.05) is 113 Å². The van der Waals surface area contributed by atoms with Crippen LogP contribution in [0, 0.1) is 16.7 Å². The maximum absolute atomic E-state index is 14.9. The highest BCUT2D eigenvalue weighted by Gasteiger charge is 2.52. The number of nitrogens with one attached hydrogen (secondary N) is 2. The Morgan fingerprint density at radius 2 is 1.78 bits per heavy atom. The van der Waals surface area contributed by atoms with Gasteiger partial charge < -0.3 is 15.0 Å². The molecule has 2 heterocycles. The highest BCUT2D eigenvalue weighted by molar-refractivity contribution is 6.54. The Kier molecular flexibility index (Phi) is 11.3. The van der Waals surface area contributed by atoms with Crippen LogP contribution in [0.2, 0.25) is 15.1 Å². The molecule has 3 aromatic rings. The van der Waals surface area contributed by atoms with Gasteiger partial charge in [0.05, 0.1) is 34.3 Å². The summed E-state index contributed by atoms with van der Waals surface area (Å²) in [7, 11) is 0. The van der Waals surface area contributed by atoms with Crippen molar-refractivity contribution < 1.29 is 14.3 Å². The molecule has 2 unspecified atom stereocenters. The number of benzene rings is 2. The van der Waals surface area contributed by atoms with Gasteiger partial charge >= 0.3 is 0 Å². The van der Waals surface area contributed by atoms with Crippen LogP contribution < -0.4 is 10.1 Å². The van der Waals surface area contributed by atoms with E-state index in [1.807, 2.05) is 17.0 Å². The normalized spacial score (nSPS) is 20.0. The summed E-state index contributed by atoms with van der Waals surface area (Å²) in [6.45, 7) is 15.6. The lowest BCUT2D eigenvalue weighted by Crippen LogP contribution is -2.50. The van der Waals surface area contributed by atoms with Crippen LogP contribution in [0.25, 0.3) is 0 Å². The third-order valence-electron chi connectivity index (χ3n) is 9.04. The van der Waals surface area contributed by atoms with E-state index in [9.17, 15) is 9.59 Å². The number of nitrogens with zero attached hydrogens (tertiary/aromatic N) is 5. The van der Waals surface area contributed by atoms with E-state index >= 15 is 0 Å². The second-order valence-corrected chi connectivity index (χ2v) is 16.9. The monoisotopic (exact) mass is 741 g/mol. The number of ether oxygens (including phenoxy) is 1. The number of rotatable bonds is 11. The minimum Gasteiger partial charge on any atom is -0.490 e. The fraction of sp³-hybridized carbons (Fsp3) is 0.514. The van der Waals surface area contributed by atoms with E-state index in [0.29, 0.717) is 42.8 Å². The first-order valence-electron chi connectivity index (χ1n) is 17.0. The lowest BCUT2D eigenvalue weighted by atomic mass is 9.82. The molecule has 0 saturated heterocycles. The van der Waals surface area contributed by atoms with Crippen molar-refractivity contribution in [3.05, 3.63) is 80.1 Å². The van der Waals surface area contributed by atoms with Gasteiger partial charge in [0.2, 0.25) is 0 Å². The number of hydrogen-bond donors (Lipinski definition) is 2. The molecule has 1 spiro atoms. The SMILES string of the molecule is CC1C=CCC2(C1)N=C(c1c(Cl)cc(Cl)c(OCCC(C)(C)C)c1Cl)C(=O)N2[C@H](CCC(C)(C)C)c1ccc(C(=O)NCc2nn[nH]n2)cc1. The van der Waals surface area contributed by atoms with Gasteiger partial charge in [-0.05, 0) is 66.2 Å². The molecule has 2 aliphatic rings. The zero-order valence-electron chi connectivity index (χ0n) is 29.7. The summed E-state index contributed by atoms with van der Waals surface area (Å²) < 4.78 is 6.12. The van der Waals surface area contributed by atoms with Crippen molar-refractivity contribution in [3.63, 3.8) is 0 Å². The molecule has 2 amide bonds. The number of aromatic amines is 1. The zero-order valence-corrected chi connectivity index (χ0v) is 32.0. The van der Waals surface area contributed by atoms with Gasteiger partial charge in [-0.2, -0.15) is 5.21 Å². The van der Waals surface area contributed by atoms with Crippen molar-refractivity contribution in [1.29, 1.82) is 0 Å². The van der Waals surface area contributed by atoms with E-state index in [4.69, 9.17) is 44.5 Å². The Balaban J connectivity index is 1.54. The summed E-state index contributed by atoms with van der Waals surface area (Å²) in [5.74, 6) is 0.300. The molecule has 2 aromatic carbocycles. The molecule has 50 heavy (non-hydrogen) atoms. The van der Waals surface area contributed by atoms with Gasteiger partial charge in [-0.25, -0.2) is 0 Å². The molecule has 2 N–H and O–H groups in total. The van der Waals surface area contributed by atoms with Gasteiger partial charge in [0.25, 0.3) is 11.8 Å². The van der Waals surface area contributed by atoms with E-state index in [0.717, 1.165) is 18.4 Å². The Morgan fingerprint density at radius 3 is 2.40 bits per heavy atom. The quantitative estimate of drug-likeness (QED) is 0.189. The van der Waals surface area contributed by atoms with E-state index in [1.54, 1.807) is 18.2 Å². The Hall–Kier alpha value is -3.47. The largest absolute Gasteiger partial charge is 0.490 e. The summed E-state index contributed by atoms with van der Waals surface area (Å²) in [6, 6.07) is 8.60. The smallest absolute Gasteiger partial charge is 0.275 e. The lowest BCUT2D eigenvalue weighted by molar-refractivity contribution is -0.132. The average Bonchev–Trinajstić information content (AvgIpc) is 3.64. The van der Waals surface area contributed by atoms with E-state index < -0.39 is 5.66 Å². The first kappa shape index (κ1) is 37.8. The fourth-order valence-electron chi connectivity index (χ4n) is 6.42. The third-order valence-corrected chi connectivity index (χ3v) is 9.98. The number of aliphatic imine (C=N–C) groups is 1. The van der Waals surface area contributed by atoms with Crippen LogP contribution in [0.3, 0.4) is 0 Å². The van der Waals surface area contributed by atoms with E-state index in [1.165, 1.54) is 0 Å². The van der Waals surface area contributed by atoms with Crippen LogP contribution in [0.15, 0.2) is 47.5 Å². The van der Waals surface area contributed by atoms with Crippen molar-refractivity contribution in [1.82, 2.24) is 30.8 Å². The van der Waals surface area contributed by atoms with E-state index in [-0.39, 0.29) is 67.7 Å². The molecule has 0 saturated carbocycles. The van der Waals surface area contributed by atoms with Crippen LogP contribution in [-0.4, -0.2) is 55.3 Å². The number of hydrogen-bond acceptors (Lipinski definition) is 7. The van der Waals surface area contributed by atoms with Crippen molar-refractivity contribution in [2.24, 2.45) is 21.7 Å². The van der Waals surface area contributed by atoms with Gasteiger partial charge in [0.15, 0.2) is 11.6 Å². The van der Waals surface area contributed by atoms with Crippen molar-refractivity contribution >= 4 is 52.3 Å². The Morgan fingerprint density at radius 1 is 1.08 bits per heavy atom. The number of amides is 2. The number of H-pyrrole nitrogens is 1. The number of halogens is 3. The molecule has 0 bridgehead atoms. The summed E-state index contributed by atoms with van der Waals surface area (Å²) in [5.41, 5.74) is 1.04. The maximum Gasteiger partial charge on any atom is 0.275 e. The molecule has 13 heteroatoms. The minimum absolute atomic E-state index is 0.00525. The highest BCUT2D eigenvalue weighted by Crippen LogP contribution is 2.49. The first-order valence-corrected chi connectivity index (χ1v) is 18.1. The fourth-order valence-corrected chi connectivity index (χ4v) is 7.47. The molecule has 1 aliphatic heterocycles. The third kappa shape index (κ3) is 8.69. The Bertz CT molecular complexity index is 1760. The molecule has 0 fully saturated rings. The van der Waals surface area contributed by atoms with Crippen molar-refractivity contribution in [2.75, 3.05) is 6.61 Å². The second kappa shape index (κ2) is 15.0. The topological polar surface area (TPSA) is 125 Å². The molecule has 3 atom stereocenters. The molecule has 5 rings (SSSR count). The zero-order chi connectivity index (χ0) is 36.4. The predicted molar refractivity (Wildman–Crippen MR) is 198 cm³/mol. The number of carbonyl (C=O) groups excluding carboxylic acids is 2. The average molecular weight is 743 g/mol. The number of carbonyl (C=O) groups is 2. The summed E-state index contributed by atoms with van der Waals surface area (Å²) in [6.07, 6.45) is 7.70. The molecule has 1 aromatic heterocycles. The molecule has 268 valence electrons. The van der Waals surface area contributed by atoms with Crippen molar-refractivity contribution in [3.8, 4) is 5.75 Å². The predicted octanol–water partition coefficient (Wildman–Crippen LogP) is 8.79. The van der Waals surface area contributed by atoms with Crippen LogP contribution >= 0.6 is 34.8 Å². The van der Waals surface area contributed by atoms with Crippen LogP contribution in [0.5, 0.6) is 5.75 Å². The van der Waals surface area contributed by atoms with Crippen LogP contribution in [-0.2, 0) is 11.3 Å². The molecular weight excluding hydrogens is 697 g/mol. The van der Waals surface area contributed by atoms with Crippen LogP contribution in [0.1, 0.15) is 114 Å².